The van der Waals surface area contributed by atoms with Gasteiger partial charge in [-0.25, -0.2) is 4.79 Å². The van der Waals surface area contributed by atoms with Gasteiger partial charge in [0.15, 0.2) is 0 Å². The molecule has 0 bridgehead atoms. The molecule has 0 aromatic carbocycles. The third-order valence-corrected chi connectivity index (χ3v) is 3.43. The van der Waals surface area contributed by atoms with Gasteiger partial charge in [-0.15, -0.1) is 0 Å². The fourth-order valence-electron chi connectivity index (χ4n) is 2.57. The van der Waals surface area contributed by atoms with E-state index in [1.165, 1.54) is 4.90 Å². The molecule has 0 radical (unpaired) electrons. The summed E-state index contributed by atoms with van der Waals surface area (Å²) >= 11 is 0. The minimum atomic E-state index is -1.15. The molecule has 0 spiro atoms. The maximum atomic E-state index is 12.0. The molecule has 1 saturated heterocycles. The summed E-state index contributed by atoms with van der Waals surface area (Å²) in [6.45, 7) is 3.82. The van der Waals surface area contributed by atoms with Gasteiger partial charge in [0.25, 0.3) is 0 Å². The van der Waals surface area contributed by atoms with E-state index in [4.69, 9.17) is 10.2 Å². The first kappa shape index (κ1) is 14.5. The largest absolute Gasteiger partial charge is 0.481 e. The van der Waals surface area contributed by atoms with Crippen LogP contribution in [0.1, 0.15) is 33.1 Å². The van der Waals surface area contributed by atoms with Crippen LogP contribution in [0.15, 0.2) is 0 Å². The highest BCUT2D eigenvalue weighted by Gasteiger charge is 2.47. The van der Waals surface area contributed by atoms with E-state index in [0.29, 0.717) is 6.42 Å². The van der Waals surface area contributed by atoms with Crippen LogP contribution in [0.2, 0.25) is 0 Å². The molecule has 0 aliphatic carbocycles. The summed E-state index contributed by atoms with van der Waals surface area (Å²) in [4.78, 5) is 35.4. The fourth-order valence-corrected chi connectivity index (χ4v) is 2.57. The van der Waals surface area contributed by atoms with Crippen LogP contribution in [-0.2, 0) is 14.4 Å². The minimum absolute atomic E-state index is 0.231. The van der Waals surface area contributed by atoms with Crippen LogP contribution in [0.25, 0.3) is 0 Å². The predicted octanol–water partition coefficient (Wildman–Crippen LogP) is 0.809. The standard InChI is InChI=1S/C12H19NO5/c1-3-5-7-6-13(8(4-2)11(15)16)10(14)9(7)12(17)18/h7-9H,3-6H2,1-2H3,(H,15,16)(H,17,18)/t7-,8?,9?/m0/s1. The maximum Gasteiger partial charge on any atom is 0.326 e. The number of hydrogen-bond acceptors (Lipinski definition) is 3. The highest BCUT2D eigenvalue weighted by atomic mass is 16.4. The molecule has 1 fully saturated rings. The third-order valence-electron chi connectivity index (χ3n) is 3.43. The second kappa shape index (κ2) is 5.84. The second-order valence-corrected chi connectivity index (χ2v) is 4.62. The molecule has 1 rings (SSSR count). The Hall–Kier alpha value is -1.59. The molecule has 102 valence electrons. The zero-order valence-corrected chi connectivity index (χ0v) is 10.6. The van der Waals surface area contributed by atoms with Crippen molar-refractivity contribution in [1.82, 2.24) is 4.90 Å². The van der Waals surface area contributed by atoms with Gasteiger partial charge in [0, 0.05) is 6.54 Å². The molecular weight excluding hydrogens is 238 g/mol. The molecular formula is C12H19NO5. The molecule has 3 atom stereocenters. The van der Waals surface area contributed by atoms with Crippen molar-refractivity contribution in [2.75, 3.05) is 6.54 Å². The normalized spacial score (nSPS) is 25.2. The van der Waals surface area contributed by atoms with Crippen molar-refractivity contribution in [2.24, 2.45) is 11.8 Å². The Balaban J connectivity index is 2.94. The van der Waals surface area contributed by atoms with Crippen molar-refractivity contribution in [3.05, 3.63) is 0 Å². The second-order valence-electron chi connectivity index (χ2n) is 4.62. The molecule has 2 unspecified atom stereocenters. The Morgan fingerprint density at radius 3 is 2.39 bits per heavy atom. The lowest BCUT2D eigenvalue weighted by atomic mass is 9.92. The zero-order valence-electron chi connectivity index (χ0n) is 10.6. The smallest absolute Gasteiger partial charge is 0.326 e. The van der Waals surface area contributed by atoms with E-state index in [1.807, 2.05) is 6.92 Å². The van der Waals surface area contributed by atoms with Gasteiger partial charge in [-0.05, 0) is 18.8 Å². The number of aliphatic carboxylic acids is 2. The fraction of sp³-hybridized carbons (Fsp3) is 0.750. The van der Waals surface area contributed by atoms with Gasteiger partial charge >= 0.3 is 11.9 Å². The van der Waals surface area contributed by atoms with E-state index >= 15 is 0 Å². The van der Waals surface area contributed by atoms with Crippen molar-refractivity contribution < 1.29 is 24.6 Å². The molecule has 0 aromatic heterocycles. The zero-order chi connectivity index (χ0) is 13.9. The summed E-state index contributed by atoms with van der Waals surface area (Å²) in [5.41, 5.74) is 0. The van der Waals surface area contributed by atoms with Crippen molar-refractivity contribution in [2.45, 2.75) is 39.2 Å². The van der Waals surface area contributed by atoms with E-state index < -0.39 is 29.8 Å². The third kappa shape index (κ3) is 2.63. The molecule has 1 aliphatic rings. The molecule has 6 heteroatoms. The summed E-state index contributed by atoms with van der Waals surface area (Å²) in [6.07, 6.45) is 1.68. The first-order valence-electron chi connectivity index (χ1n) is 6.20. The highest BCUT2D eigenvalue weighted by molar-refractivity contribution is 6.00. The summed E-state index contributed by atoms with van der Waals surface area (Å²) in [5.74, 6) is -4.16. The van der Waals surface area contributed by atoms with E-state index in [-0.39, 0.29) is 18.9 Å². The van der Waals surface area contributed by atoms with Crippen molar-refractivity contribution in [3.8, 4) is 0 Å². The van der Waals surface area contributed by atoms with Gasteiger partial charge in [0.1, 0.15) is 12.0 Å². The molecule has 18 heavy (non-hydrogen) atoms. The summed E-state index contributed by atoms with van der Waals surface area (Å²) in [7, 11) is 0. The number of amides is 1. The molecule has 0 saturated carbocycles. The number of likely N-dealkylation sites (tertiary alicyclic amines) is 1. The van der Waals surface area contributed by atoms with Gasteiger partial charge in [-0.1, -0.05) is 20.3 Å². The van der Waals surface area contributed by atoms with Crippen molar-refractivity contribution >= 4 is 17.8 Å². The summed E-state index contributed by atoms with van der Waals surface area (Å²) in [6, 6.07) is -0.916. The van der Waals surface area contributed by atoms with E-state index in [9.17, 15) is 14.4 Å². The Morgan fingerprint density at radius 2 is 2.00 bits per heavy atom. The van der Waals surface area contributed by atoms with E-state index in [1.54, 1.807) is 6.92 Å². The number of carbonyl (C=O) groups excluding carboxylic acids is 1. The minimum Gasteiger partial charge on any atom is -0.481 e. The number of carboxylic acid groups (broad SMARTS) is 2. The average Bonchev–Trinajstić information content (AvgIpc) is 2.57. The molecule has 0 aromatic rings. The van der Waals surface area contributed by atoms with Crippen LogP contribution in [0, 0.1) is 11.8 Å². The summed E-state index contributed by atoms with van der Waals surface area (Å²) < 4.78 is 0. The number of nitrogens with zero attached hydrogens (tertiary/aromatic N) is 1. The average molecular weight is 257 g/mol. The Kier molecular flexibility index (Phi) is 4.69. The van der Waals surface area contributed by atoms with E-state index in [2.05, 4.69) is 0 Å². The number of carbonyl (C=O) groups is 3. The lowest BCUT2D eigenvalue weighted by molar-refractivity contribution is -0.154. The molecule has 1 heterocycles. The Labute approximate surface area is 106 Å². The van der Waals surface area contributed by atoms with Gasteiger partial charge in [0.2, 0.25) is 5.91 Å². The van der Waals surface area contributed by atoms with Crippen LogP contribution < -0.4 is 0 Å². The molecule has 2 N–H and O–H groups in total. The van der Waals surface area contributed by atoms with Crippen LogP contribution in [0.3, 0.4) is 0 Å². The van der Waals surface area contributed by atoms with Crippen LogP contribution in [-0.4, -0.2) is 45.5 Å². The van der Waals surface area contributed by atoms with Crippen molar-refractivity contribution in [1.29, 1.82) is 0 Å². The van der Waals surface area contributed by atoms with Gasteiger partial charge in [-0.2, -0.15) is 0 Å². The lowest BCUT2D eigenvalue weighted by Crippen LogP contribution is -2.43. The van der Waals surface area contributed by atoms with Crippen LogP contribution >= 0.6 is 0 Å². The highest BCUT2D eigenvalue weighted by Crippen LogP contribution is 2.31. The van der Waals surface area contributed by atoms with Gasteiger partial charge in [-0.3, -0.25) is 9.59 Å². The van der Waals surface area contributed by atoms with Crippen LogP contribution in [0.4, 0.5) is 0 Å². The quantitative estimate of drug-likeness (QED) is 0.686. The van der Waals surface area contributed by atoms with Gasteiger partial charge < -0.3 is 15.1 Å². The van der Waals surface area contributed by atoms with Crippen molar-refractivity contribution in [3.63, 3.8) is 0 Å². The topological polar surface area (TPSA) is 94.9 Å². The lowest BCUT2D eigenvalue weighted by Gasteiger charge is -2.23. The molecule has 1 aliphatic heterocycles. The number of hydrogen-bond donors (Lipinski definition) is 2. The maximum absolute atomic E-state index is 12.0. The summed E-state index contributed by atoms with van der Waals surface area (Å²) in [5, 5.41) is 18.1. The number of rotatable bonds is 6. The Bertz CT molecular complexity index is 354. The van der Waals surface area contributed by atoms with E-state index in [0.717, 1.165) is 6.42 Å². The van der Waals surface area contributed by atoms with Gasteiger partial charge in [0.05, 0.1) is 0 Å². The number of carboxylic acids is 2. The predicted molar refractivity (Wildman–Crippen MR) is 63.0 cm³/mol. The monoisotopic (exact) mass is 257 g/mol. The Morgan fingerprint density at radius 1 is 1.39 bits per heavy atom. The molecule has 6 nitrogen and oxygen atoms in total. The van der Waals surface area contributed by atoms with Crippen LogP contribution in [0.5, 0.6) is 0 Å². The molecule has 1 amide bonds. The first-order chi connectivity index (χ1) is 8.43. The first-order valence-corrected chi connectivity index (χ1v) is 6.20. The SMILES string of the molecule is CCC[C@H]1CN(C(CC)C(=O)O)C(=O)C1C(=O)O.